The van der Waals surface area contributed by atoms with E-state index in [4.69, 9.17) is 0 Å². The molecule has 1 atom stereocenters. The molecule has 1 unspecified atom stereocenters. The maximum atomic E-state index is 10.2. The second kappa shape index (κ2) is 6.33. The lowest BCUT2D eigenvalue weighted by Gasteiger charge is -2.08. The molecule has 96 valence electrons. The summed E-state index contributed by atoms with van der Waals surface area (Å²) in [6.07, 6.45) is 4.90. The zero-order valence-corrected chi connectivity index (χ0v) is 12.5. The van der Waals surface area contributed by atoms with E-state index in [0.717, 1.165) is 24.1 Å². The highest BCUT2D eigenvalue weighted by Crippen LogP contribution is 2.18. The van der Waals surface area contributed by atoms with Crippen molar-refractivity contribution in [2.75, 3.05) is 0 Å². The van der Waals surface area contributed by atoms with Crippen molar-refractivity contribution in [3.8, 4) is 0 Å². The van der Waals surface area contributed by atoms with Gasteiger partial charge < -0.3 is 5.11 Å². The van der Waals surface area contributed by atoms with Gasteiger partial charge in [0.05, 0.1) is 12.3 Å². The van der Waals surface area contributed by atoms with Gasteiger partial charge in [-0.2, -0.15) is 5.10 Å². The van der Waals surface area contributed by atoms with Crippen LogP contribution in [0, 0.1) is 3.57 Å². The Hall–Kier alpha value is -0.880. The van der Waals surface area contributed by atoms with E-state index in [1.807, 2.05) is 10.9 Å². The van der Waals surface area contributed by atoms with Crippen LogP contribution in [0.15, 0.2) is 36.7 Å². The van der Waals surface area contributed by atoms with Gasteiger partial charge in [0.2, 0.25) is 0 Å². The van der Waals surface area contributed by atoms with E-state index >= 15 is 0 Å². The summed E-state index contributed by atoms with van der Waals surface area (Å²) in [4.78, 5) is 0. The molecule has 1 aromatic carbocycles. The molecule has 0 saturated heterocycles. The van der Waals surface area contributed by atoms with Crippen LogP contribution in [0.5, 0.6) is 0 Å². The normalized spacial score (nSPS) is 12.6. The summed E-state index contributed by atoms with van der Waals surface area (Å²) in [7, 11) is 0. The number of aryl methyl sites for hydroxylation is 1. The summed E-state index contributed by atoms with van der Waals surface area (Å²) in [6.45, 7) is 3.01. The topological polar surface area (TPSA) is 38.0 Å². The third-order valence-electron chi connectivity index (χ3n) is 2.83. The highest BCUT2D eigenvalue weighted by molar-refractivity contribution is 14.1. The van der Waals surface area contributed by atoms with Gasteiger partial charge in [0.15, 0.2) is 0 Å². The number of aromatic nitrogens is 2. The number of nitrogens with zero attached hydrogens (tertiary/aromatic N) is 2. The van der Waals surface area contributed by atoms with Crippen LogP contribution < -0.4 is 0 Å². The first kappa shape index (κ1) is 13.5. The second-order valence-corrected chi connectivity index (χ2v) is 5.63. The number of aliphatic hydroxyl groups excluding tert-OH is 1. The van der Waals surface area contributed by atoms with Gasteiger partial charge in [0.1, 0.15) is 0 Å². The fourth-order valence-electron chi connectivity index (χ4n) is 1.86. The fraction of sp³-hybridized carbons (Fsp3) is 0.357. The third-order valence-corrected chi connectivity index (χ3v) is 3.55. The summed E-state index contributed by atoms with van der Waals surface area (Å²) in [5.74, 6) is 0. The van der Waals surface area contributed by atoms with Gasteiger partial charge in [0, 0.05) is 28.3 Å². The maximum absolute atomic E-state index is 10.2. The van der Waals surface area contributed by atoms with Gasteiger partial charge in [0.25, 0.3) is 0 Å². The van der Waals surface area contributed by atoms with E-state index in [1.165, 1.54) is 3.57 Å². The fourth-order valence-corrected chi connectivity index (χ4v) is 2.22. The molecule has 3 nitrogen and oxygen atoms in total. The lowest BCUT2D eigenvalue weighted by atomic mass is 10.0. The zero-order chi connectivity index (χ0) is 13.0. The summed E-state index contributed by atoms with van der Waals surface area (Å²) in [5.41, 5.74) is 2.04. The largest absolute Gasteiger partial charge is 0.388 e. The molecule has 0 bridgehead atoms. The van der Waals surface area contributed by atoms with E-state index in [1.54, 1.807) is 6.20 Å². The van der Waals surface area contributed by atoms with Crippen molar-refractivity contribution in [2.45, 2.75) is 32.4 Å². The van der Waals surface area contributed by atoms with E-state index in [9.17, 15) is 5.11 Å². The van der Waals surface area contributed by atoms with Crippen molar-refractivity contribution in [2.24, 2.45) is 0 Å². The number of aliphatic hydroxyl groups is 1. The number of rotatable bonds is 5. The van der Waals surface area contributed by atoms with Gasteiger partial charge in [-0.1, -0.05) is 19.1 Å². The predicted octanol–water partition coefficient (Wildman–Crippen LogP) is 3.17. The highest BCUT2D eigenvalue weighted by Gasteiger charge is 2.10. The van der Waals surface area contributed by atoms with Crippen LogP contribution in [-0.2, 0) is 13.0 Å². The Morgan fingerprint density at radius 2 is 2.06 bits per heavy atom. The number of hydrogen-bond donors (Lipinski definition) is 1. The number of halogens is 1. The third kappa shape index (κ3) is 3.55. The minimum atomic E-state index is -0.476. The molecule has 0 spiro atoms. The monoisotopic (exact) mass is 356 g/mol. The zero-order valence-electron chi connectivity index (χ0n) is 10.4. The van der Waals surface area contributed by atoms with Crippen LogP contribution in [0.25, 0.3) is 0 Å². The van der Waals surface area contributed by atoms with Gasteiger partial charge in [-0.05, 0) is 46.7 Å². The van der Waals surface area contributed by atoms with E-state index in [2.05, 4.69) is 58.9 Å². The molecule has 0 fully saturated rings. The Morgan fingerprint density at radius 1 is 1.33 bits per heavy atom. The Bertz CT molecular complexity index is 493. The SMILES string of the molecule is CCCn1cc(C(O)Cc2ccc(I)cc2)cn1. The molecule has 0 aliphatic rings. The lowest BCUT2D eigenvalue weighted by Crippen LogP contribution is -2.01. The summed E-state index contributed by atoms with van der Waals surface area (Å²) in [6, 6.07) is 8.23. The molecule has 1 heterocycles. The Kier molecular flexibility index (Phi) is 4.77. The van der Waals surface area contributed by atoms with Crippen LogP contribution in [-0.4, -0.2) is 14.9 Å². The molecule has 4 heteroatoms. The Morgan fingerprint density at radius 3 is 2.72 bits per heavy atom. The number of benzene rings is 1. The molecule has 2 aromatic rings. The lowest BCUT2D eigenvalue weighted by molar-refractivity contribution is 0.178. The van der Waals surface area contributed by atoms with E-state index in [-0.39, 0.29) is 0 Å². The Labute approximate surface area is 121 Å². The molecule has 0 aliphatic carbocycles. The minimum absolute atomic E-state index is 0.476. The second-order valence-electron chi connectivity index (χ2n) is 4.38. The molecule has 2 rings (SSSR count). The van der Waals surface area contributed by atoms with E-state index < -0.39 is 6.10 Å². The highest BCUT2D eigenvalue weighted by atomic mass is 127. The summed E-state index contributed by atoms with van der Waals surface area (Å²) in [5, 5.41) is 14.4. The van der Waals surface area contributed by atoms with Crippen LogP contribution >= 0.6 is 22.6 Å². The molecule has 0 saturated carbocycles. The molecule has 1 aromatic heterocycles. The predicted molar refractivity (Wildman–Crippen MR) is 80.3 cm³/mol. The van der Waals surface area contributed by atoms with Gasteiger partial charge >= 0.3 is 0 Å². The van der Waals surface area contributed by atoms with Crippen molar-refractivity contribution < 1.29 is 5.11 Å². The minimum Gasteiger partial charge on any atom is -0.388 e. The molecule has 18 heavy (non-hydrogen) atoms. The van der Waals surface area contributed by atoms with Crippen molar-refractivity contribution in [1.29, 1.82) is 0 Å². The van der Waals surface area contributed by atoms with Crippen molar-refractivity contribution in [3.05, 3.63) is 51.4 Å². The summed E-state index contributed by atoms with van der Waals surface area (Å²) >= 11 is 2.28. The van der Waals surface area contributed by atoms with Crippen LogP contribution in [0.1, 0.15) is 30.6 Å². The van der Waals surface area contributed by atoms with Crippen molar-refractivity contribution in [3.63, 3.8) is 0 Å². The van der Waals surface area contributed by atoms with Gasteiger partial charge in [-0.15, -0.1) is 0 Å². The maximum Gasteiger partial charge on any atom is 0.0860 e. The van der Waals surface area contributed by atoms with Crippen LogP contribution in [0.2, 0.25) is 0 Å². The summed E-state index contributed by atoms with van der Waals surface area (Å²) < 4.78 is 3.09. The quantitative estimate of drug-likeness (QED) is 0.836. The number of hydrogen-bond acceptors (Lipinski definition) is 2. The molecule has 0 aliphatic heterocycles. The van der Waals surface area contributed by atoms with Gasteiger partial charge in [-0.25, -0.2) is 0 Å². The Balaban J connectivity index is 2.02. The first-order valence-corrected chi connectivity index (χ1v) is 7.21. The van der Waals surface area contributed by atoms with Crippen molar-refractivity contribution in [1.82, 2.24) is 9.78 Å². The standard InChI is InChI=1S/C14H17IN2O/c1-2-7-17-10-12(9-16-17)14(18)8-11-3-5-13(15)6-4-11/h3-6,9-10,14,18H,2,7-8H2,1H3. The molecule has 0 radical (unpaired) electrons. The average molecular weight is 356 g/mol. The average Bonchev–Trinajstić information content (AvgIpc) is 2.81. The van der Waals surface area contributed by atoms with Crippen LogP contribution in [0.4, 0.5) is 0 Å². The first-order chi connectivity index (χ1) is 8.69. The first-order valence-electron chi connectivity index (χ1n) is 6.14. The molecule has 0 amide bonds. The molecule has 1 N–H and O–H groups in total. The van der Waals surface area contributed by atoms with E-state index in [0.29, 0.717) is 6.42 Å². The van der Waals surface area contributed by atoms with Crippen LogP contribution in [0.3, 0.4) is 0 Å². The molecular weight excluding hydrogens is 339 g/mol. The molecular formula is C14H17IN2O. The van der Waals surface area contributed by atoms with Crippen molar-refractivity contribution >= 4 is 22.6 Å². The van der Waals surface area contributed by atoms with Gasteiger partial charge in [-0.3, -0.25) is 4.68 Å². The smallest absolute Gasteiger partial charge is 0.0860 e.